The van der Waals surface area contributed by atoms with Gasteiger partial charge in [0.25, 0.3) is 5.91 Å². The van der Waals surface area contributed by atoms with Crippen molar-refractivity contribution in [2.75, 3.05) is 52.4 Å². The first-order valence-corrected chi connectivity index (χ1v) is 12.1. The number of carbonyl (C=O) groups is 3. The fourth-order valence-corrected chi connectivity index (χ4v) is 5.03. The predicted molar refractivity (Wildman–Crippen MR) is 132 cm³/mol. The van der Waals surface area contributed by atoms with Crippen LogP contribution in [0.1, 0.15) is 23.2 Å². The van der Waals surface area contributed by atoms with Crippen molar-refractivity contribution in [2.45, 2.75) is 24.9 Å². The number of hydrogen-bond donors (Lipinski definition) is 2. The van der Waals surface area contributed by atoms with Crippen LogP contribution in [0.5, 0.6) is 11.5 Å². The van der Waals surface area contributed by atoms with Crippen LogP contribution < -0.4 is 20.1 Å². The number of urea groups is 1. The first kappa shape index (κ1) is 23.9. The highest BCUT2D eigenvalue weighted by Crippen LogP contribution is 2.37. The van der Waals surface area contributed by atoms with E-state index < -0.39 is 6.04 Å². The number of piperidine rings is 1. The van der Waals surface area contributed by atoms with Crippen molar-refractivity contribution in [3.63, 3.8) is 0 Å². The Bertz CT molecular complexity index is 1180. The summed E-state index contributed by atoms with van der Waals surface area (Å²) >= 11 is 0. The average Bonchev–Trinajstić information content (AvgIpc) is 3.02. The molecule has 2 atom stereocenters. The van der Waals surface area contributed by atoms with Crippen LogP contribution in [0, 0.1) is 0 Å². The standard InChI is InChI=1S/C26H30N4O6/c1-34-18-4-5-19(23(15-18)35-2)16-3-6-21-20(13-16)25(32)30-8-7-17(14-22(30)24(31)28-21)27-26(33)29-9-11-36-12-10-29/h3-6,13,15,17,22H,7-12,14H2,1-2H3,(H,27,33)(H,28,31). The Labute approximate surface area is 209 Å². The van der Waals surface area contributed by atoms with Crippen molar-refractivity contribution < 1.29 is 28.6 Å². The van der Waals surface area contributed by atoms with Crippen molar-refractivity contribution in [2.24, 2.45) is 0 Å². The summed E-state index contributed by atoms with van der Waals surface area (Å²) < 4.78 is 16.1. The summed E-state index contributed by atoms with van der Waals surface area (Å²) in [5.41, 5.74) is 2.51. The Kier molecular flexibility index (Phi) is 6.69. The van der Waals surface area contributed by atoms with Gasteiger partial charge in [-0.15, -0.1) is 0 Å². The minimum absolute atomic E-state index is 0.154. The molecule has 0 aliphatic carbocycles. The van der Waals surface area contributed by atoms with Gasteiger partial charge in [0.2, 0.25) is 5.91 Å². The number of ether oxygens (including phenoxy) is 3. The number of methoxy groups -OCH3 is 2. The number of rotatable bonds is 4. The summed E-state index contributed by atoms with van der Waals surface area (Å²) in [6.45, 7) is 2.51. The predicted octanol–water partition coefficient (Wildman–Crippen LogP) is 2.34. The molecule has 190 valence electrons. The number of hydrogen-bond acceptors (Lipinski definition) is 6. The summed E-state index contributed by atoms with van der Waals surface area (Å²) in [6, 6.07) is 9.89. The lowest BCUT2D eigenvalue weighted by molar-refractivity contribution is -0.121. The second-order valence-electron chi connectivity index (χ2n) is 9.10. The molecule has 2 saturated heterocycles. The van der Waals surface area contributed by atoms with Crippen LogP contribution in [-0.4, -0.2) is 86.8 Å². The van der Waals surface area contributed by atoms with E-state index in [-0.39, 0.29) is 23.9 Å². The highest BCUT2D eigenvalue weighted by Gasteiger charge is 2.40. The first-order chi connectivity index (χ1) is 17.5. The molecule has 2 N–H and O–H groups in total. The Morgan fingerprint density at radius 3 is 2.58 bits per heavy atom. The van der Waals surface area contributed by atoms with Gasteiger partial charge in [-0.2, -0.15) is 0 Å². The lowest BCUT2D eigenvalue weighted by Crippen LogP contribution is -2.57. The van der Waals surface area contributed by atoms with Crippen molar-refractivity contribution in [3.8, 4) is 22.6 Å². The fraction of sp³-hybridized carbons (Fsp3) is 0.423. The molecule has 10 heteroatoms. The number of anilines is 1. The lowest BCUT2D eigenvalue weighted by atomic mass is 9.96. The molecule has 3 aliphatic heterocycles. The van der Waals surface area contributed by atoms with E-state index in [0.29, 0.717) is 68.4 Å². The summed E-state index contributed by atoms with van der Waals surface area (Å²) in [5, 5.41) is 5.96. The molecule has 10 nitrogen and oxygen atoms in total. The van der Waals surface area contributed by atoms with Crippen LogP contribution in [0.2, 0.25) is 0 Å². The number of morpholine rings is 1. The van der Waals surface area contributed by atoms with Gasteiger partial charge in [-0.3, -0.25) is 9.59 Å². The van der Waals surface area contributed by atoms with Crippen LogP contribution in [0.15, 0.2) is 36.4 Å². The van der Waals surface area contributed by atoms with E-state index in [1.807, 2.05) is 18.2 Å². The largest absolute Gasteiger partial charge is 0.497 e. The molecule has 0 aromatic heterocycles. The molecule has 2 aromatic rings. The summed E-state index contributed by atoms with van der Waals surface area (Å²) in [4.78, 5) is 42.7. The van der Waals surface area contributed by atoms with Gasteiger partial charge >= 0.3 is 6.03 Å². The molecule has 5 rings (SSSR count). The van der Waals surface area contributed by atoms with Gasteiger partial charge < -0.3 is 34.6 Å². The molecule has 0 saturated carbocycles. The lowest BCUT2D eigenvalue weighted by Gasteiger charge is -2.38. The van der Waals surface area contributed by atoms with E-state index in [9.17, 15) is 14.4 Å². The number of carbonyl (C=O) groups excluding carboxylic acids is 3. The SMILES string of the molecule is COc1ccc(-c2ccc3c(c2)C(=O)N2CCC(NC(=O)N4CCOCC4)CC2C(=O)N3)c(OC)c1. The second kappa shape index (κ2) is 10.1. The number of nitrogens with one attached hydrogen (secondary N) is 2. The van der Waals surface area contributed by atoms with Gasteiger partial charge in [0.15, 0.2) is 0 Å². The summed E-state index contributed by atoms with van der Waals surface area (Å²) in [7, 11) is 3.17. The van der Waals surface area contributed by atoms with Crippen molar-refractivity contribution in [1.82, 2.24) is 15.1 Å². The highest BCUT2D eigenvalue weighted by molar-refractivity contribution is 6.10. The van der Waals surface area contributed by atoms with E-state index in [4.69, 9.17) is 14.2 Å². The average molecular weight is 495 g/mol. The molecule has 4 amide bonds. The van der Waals surface area contributed by atoms with E-state index in [1.54, 1.807) is 42.2 Å². The normalized spacial score (nSPS) is 21.6. The number of benzene rings is 2. The molecule has 36 heavy (non-hydrogen) atoms. The fourth-order valence-electron chi connectivity index (χ4n) is 5.03. The van der Waals surface area contributed by atoms with Gasteiger partial charge in [-0.1, -0.05) is 6.07 Å². The van der Waals surface area contributed by atoms with Crippen LogP contribution in [0.25, 0.3) is 11.1 Å². The molecule has 2 unspecified atom stereocenters. The highest BCUT2D eigenvalue weighted by atomic mass is 16.5. The van der Waals surface area contributed by atoms with Crippen LogP contribution >= 0.6 is 0 Å². The van der Waals surface area contributed by atoms with Crippen molar-refractivity contribution >= 4 is 23.5 Å². The quantitative estimate of drug-likeness (QED) is 0.675. The van der Waals surface area contributed by atoms with Gasteiger partial charge in [-0.05, 0) is 42.7 Å². The minimum Gasteiger partial charge on any atom is -0.497 e. The number of fused-ring (bicyclic) bond motifs is 2. The molecule has 0 spiro atoms. The molecule has 0 radical (unpaired) electrons. The molecular formula is C26H30N4O6. The zero-order valence-electron chi connectivity index (χ0n) is 20.4. The van der Waals surface area contributed by atoms with Gasteiger partial charge in [0.05, 0.1) is 38.7 Å². The third-order valence-electron chi connectivity index (χ3n) is 7.02. The number of nitrogens with zero attached hydrogens (tertiary/aromatic N) is 2. The molecule has 2 aromatic carbocycles. The Hall–Kier alpha value is -3.79. The minimum atomic E-state index is -0.660. The topological polar surface area (TPSA) is 109 Å². The van der Waals surface area contributed by atoms with Crippen LogP contribution in [-0.2, 0) is 9.53 Å². The van der Waals surface area contributed by atoms with Gasteiger partial charge in [-0.25, -0.2) is 4.79 Å². The third-order valence-corrected chi connectivity index (χ3v) is 7.02. The Morgan fingerprint density at radius 1 is 1.03 bits per heavy atom. The maximum Gasteiger partial charge on any atom is 0.317 e. The van der Waals surface area contributed by atoms with Crippen molar-refractivity contribution in [3.05, 3.63) is 42.0 Å². The summed E-state index contributed by atoms with van der Waals surface area (Å²) in [5.74, 6) is 0.831. The smallest absolute Gasteiger partial charge is 0.317 e. The molecule has 3 aliphatic rings. The molecule has 3 heterocycles. The zero-order chi connectivity index (χ0) is 25.2. The molecule has 2 fully saturated rings. The maximum atomic E-state index is 13.6. The van der Waals surface area contributed by atoms with Gasteiger partial charge in [0, 0.05) is 37.3 Å². The second-order valence-corrected chi connectivity index (χ2v) is 9.10. The number of amides is 4. The Morgan fingerprint density at radius 2 is 1.83 bits per heavy atom. The first-order valence-electron chi connectivity index (χ1n) is 12.1. The van der Waals surface area contributed by atoms with Crippen LogP contribution in [0.3, 0.4) is 0 Å². The van der Waals surface area contributed by atoms with E-state index >= 15 is 0 Å². The maximum absolute atomic E-state index is 13.6. The monoisotopic (exact) mass is 494 g/mol. The summed E-state index contributed by atoms with van der Waals surface area (Å²) in [6.07, 6.45) is 0.938. The van der Waals surface area contributed by atoms with Crippen LogP contribution in [0.4, 0.5) is 10.5 Å². The zero-order valence-corrected chi connectivity index (χ0v) is 20.4. The van der Waals surface area contributed by atoms with Gasteiger partial charge in [0.1, 0.15) is 17.5 Å². The van der Waals surface area contributed by atoms with E-state index in [0.717, 1.165) is 11.1 Å². The Balaban J connectivity index is 1.36. The van der Waals surface area contributed by atoms with Crippen molar-refractivity contribution in [1.29, 1.82) is 0 Å². The third kappa shape index (κ3) is 4.56. The molecule has 0 bridgehead atoms. The van der Waals surface area contributed by atoms with E-state index in [1.165, 1.54) is 0 Å². The van der Waals surface area contributed by atoms with E-state index in [2.05, 4.69) is 10.6 Å². The molecular weight excluding hydrogens is 464 g/mol.